The maximum atomic E-state index is 13.3. The minimum atomic E-state index is -3.74. The van der Waals surface area contributed by atoms with E-state index >= 15 is 0 Å². The molecule has 0 atom stereocenters. The van der Waals surface area contributed by atoms with Crippen molar-refractivity contribution in [1.82, 2.24) is 0 Å². The van der Waals surface area contributed by atoms with Gasteiger partial charge in [-0.05, 0) is 33.8 Å². The van der Waals surface area contributed by atoms with Crippen molar-refractivity contribution >= 4 is 24.2 Å². The van der Waals surface area contributed by atoms with E-state index < -0.39 is 24.6 Å². The van der Waals surface area contributed by atoms with Gasteiger partial charge in [-0.1, -0.05) is 17.7 Å². The lowest BCUT2D eigenvalue weighted by Crippen LogP contribution is -2.41. The van der Waals surface area contributed by atoms with Crippen molar-refractivity contribution in [3.63, 3.8) is 0 Å². The van der Waals surface area contributed by atoms with Crippen LogP contribution >= 0.6 is 11.6 Å². The van der Waals surface area contributed by atoms with Gasteiger partial charge in [0.25, 0.3) is 0 Å². The molecule has 2 aliphatic heterocycles. The van der Waals surface area contributed by atoms with Crippen LogP contribution in [0.1, 0.15) is 27.7 Å². The highest BCUT2D eigenvalue weighted by Gasteiger charge is 2.55. The molecule has 0 aromatic heterocycles. The number of rotatable bonds is 1. The van der Waals surface area contributed by atoms with Crippen molar-refractivity contribution in [1.29, 1.82) is 0 Å². The fourth-order valence-electron chi connectivity index (χ4n) is 2.17. The van der Waals surface area contributed by atoms with E-state index in [-0.39, 0.29) is 16.5 Å². The fourth-order valence-corrected chi connectivity index (χ4v) is 2.36. The summed E-state index contributed by atoms with van der Waals surface area (Å²) in [6.07, 6.45) is -3.74. The lowest BCUT2D eigenvalue weighted by Gasteiger charge is -2.32. The van der Waals surface area contributed by atoms with Crippen LogP contribution in [-0.4, -0.2) is 24.6 Å². The molecule has 114 valence electrons. The fraction of sp³-hybridized carbons (Fsp3) is 0.538. The Morgan fingerprint density at radius 2 is 1.48 bits per heavy atom. The van der Waals surface area contributed by atoms with Crippen LogP contribution in [0.2, 0.25) is 5.02 Å². The molecule has 1 fully saturated rings. The summed E-state index contributed by atoms with van der Waals surface area (Å²) in [5.41, 5.74) is -0.858. The van der Waals surface area contributed by atoms with Crippen molar-refractivity contribution in [2.24, 2.45) is 0 Å². The molecule has 0 saturated carbocycles. The molecule has 1 aromatic rings. The third-order valence-corrected chi connectivity index (χ3v) is 4.34. The Kier molecular flexibility index (Phi) is 3.00. The molecule has 8 heteroatoms. The Bertz CT molecular complexity index is 590. The van der Waals surface area contributed by atoms with Gasteiger partial charge < -0.3 is 18.8 Å². The van der Waals surface area contributed by atoms with Gasteiger partial charge in [0.05, 0.1) is 16.2 Å². The first kappa shape index (κ1) is 14.9. The average molecular weight is 319 g/mol. The number of hydrogen-bond acceptors (Lipinski definition) is 4. The summed E-state index contributed by atoms with van der Waals surface area (Å²) in [5, 5.41) is 0.0439. The third-order valence-electron chi connectivity index (χ3n) is 4.04. The molecule has 1 aromatic carbocycles. The van der Waals surface area contributed by atoms with E-state index in [4.69, 9.17) is 20.9 Å². The Morgan fingerprint density at radius 3 is 2.05 bits per heavy atom. The summed E-state index contributed by atoms with van der Waals surface area (Å²) in [4.78, 5) is 0. The van der Waals surface area contributed by atoms with E-state index in [0.717, 1.165) is 0 Å². The van der Waals surface area contributed by atoms with E-state index in [9.17, 15) is 8.78 Å². The first-order chi connectivity index (χ1) is 9.52. The normalized spacial score (nSPS) is 24.4. The molecule has 3 rings (SSSR count). The minimum Gasteiger partial charge on any atom is -0.399 e. The van der Waals surface area contributed by atoms with Gasteiger partial charge in [-0.2, -0.15) is 0 Å². The molecule has 2 aliphatic rings. The van der Waals surface area contributed by atoms with E-state index in [0.29, 0.717) is 5.46 Å². The van der Waals surface area contributed by atoms with Crippen LogP contribution < -0.4 is 14.9 Å². The summed E-state index contributed by atoms with van der Waals surface area (Å²) in [6, 6.07) is 2.99. The van der Waals surface area contributed by atoms with Crippen molar-refractivity contribution < 1.29 is 27.6 Å². The number of fused-ring (bicyclic) bond motifs is 1. The predicted octanol–water partition coefficient (Wildman–Crippen LogP) is 2.96. The van der Waals surface area contributed by atoms with Gasteiger partial charge in [-0.25, -0.2) is 0 Å². The first-order valence-electron chi connectivity index (χ1n) is 6.46. The lowest BCUT2D eigenvalue weighted by molar-refractivity contribution is -0.286. The Hall–Kier alpha value is -1.05. The number of ether oxygens (including phenoxy) is 2. The van der Waals surface area contributed by atoms with Gasteiger partial charge in [0.1, 0.15) is 0 Å². The Morgan fingerprint density at radius 1 is 0.952 bits per heavy atom. The minimum absolute atomic E-state index is 0.0439. The number of alkyl halides is 2. The van der Waals surface area contributed by atoms with Gasteiger partial charge >= 0.3 is 13.4 Å². The molecule has 2 heterocycles. The average Bonchev–Trinajstić information content (AvgIpc) is 2.73. The topological polar surface area (TPSA) is 36.9 Å². The highest BCUT2D eigenvalue weighted by Crippen LogP contribution is 2.46. The zero-order valence-corrected chi connectivity index (χ0v) is 12.8. The standard InChI is InChI=1S/C13H14BClF2O4/c1-11(2)12(3,4)21-14(20-11)7-5-6-8(15)10-9(7)18-13(16,17)19-10/h5-6H,1-4H3. The molecule has 0 N–H and O–H groups in total. The van der Waals surface area contributed by atoms with Crippen LogP contribution in [0.4, 0.5) is 8.78 Å². The van der Waals surface area contributed by atoms with Gasteiger partial charge in [-0.3, -0.25) is 0 Å². The zero-order chi connectivity index (χ0) is 15.6. The van der Waals surface area contributed by atoms with E-state index in [1.165, 1.54) is 12.1 Å². The highest BCUT2D eigenvalue weighted by molar-refractivity contribution is 6.63. The van der Waals surface area contributed by atoms with Crippen molar-refractivity contribution in [2.45, 2.75) is 45.2 Å². The molecule has 4 nitrogen and oxygen atoms in total. The number of hydrogen-bond donors (Lipinski definition) is 0. The van der Waals surface area contributed by atoms with Crippen LogP contribution in [0.15, 0.2) is 12.1 Å². The molecule has 0 radical (unpaired) electrons. The molecule has 0 bridgehead atoms. The van der Waals surface area contributed by atoms with Gasteiger partial charge in [0.15, 0.2) is 11.5 Å². The second-order valence-electron chi connectivity index (χ2n) is 6.05. The van der Waals surface area contributed by atoms with E-state index in [2.05, 4.69) is 9.47 Å². The second-order valence-corrected chi connectivity index (χ2v) is 6.46. The Labute approximate surface area is 126 Å². The maximum absolute atomic E-state index is 13.3. The van der Waals surface area contributed by atoms with Crippen molar-refractivity contribution in [2.75, 3.05) is 0 Å². The predicted molar refractivity (Wildman–Crippen MR) is 73.4 cm³/mol. The quantitative estimate of drug-likeness (QED) is 0.746. The second kappa shape index (κ2) is 4.24. The van der Waals surface area contributed by atoms with E-state index in [1.54, 1.807) is 0 Å². The largest absolute Gasteiger partial charge is 0.586 e. The summed E-state index contributed by atoms with van der Waals surface area (Å²) >= 11 is 5.87. The van der Waals surface area contributed by atoms with E-state index in [1.807, 2.05) is 27.7 Å². The maximum Gasteiger partial charge on any atom is 0.586 e. The smallest absolute Gasteiger partial charge is 0.399 e. The summed E-state index contributed by atoms with van der Waals surface area (Å²) < 4.78 is 47.3. The van der Waals surface area contributed by atoms with Crippen LogP contribution in [0.3, 0.4) is 0 Å². The summed E-state index contributed by atoms with van der Waals surface area (Å²) in [7, 11) is -0.835. The SMILES string of the molecule is CC1(C)OB(c2ccc(Cl)c3c2OC(F)(F)O3)OC1(C)C. The van der Waals surface area contributed by atoms with Crippen LogP contribution in [0, 0.1) is 0 Å². The summed E-state index contributed by atoms with van der Waals surface area (Å²) in [5.74, 6) is -0.347. The number of benzene rings is 1. The molecule has 0 spiro atoms. The highest BCUT2D eigenvalue weighted by atomic mass is 35.5. The zero-order valence-electron chi connectivity index (χ0n) is 12.0. The molecule has 0 aliphatic carbocycles. The van der Waals surface area contributed by atoms with Crippen LogP contribution in [0.25, 0.3) is 0 Å². The number of halogens is 3. The monoisotopic (exact) mass is 318 g/mol. The first-order valence-corrected chi connectivity index (χ1v) is 6.84. The van der Waals surface area contributed by atoms with Crippen LogP contribution in [-0.2, 0) is 9.31 Å². The van der Waals surface area contributed by atoms with Crippen molar-refractivity contribution in [3.05, 3.63) is 17.2 Å². The van der Waals surface area contributed by atoms with Gasteiger partial charge in [0.2, 0.25) is 0 Å². The van der Waals surface area contributed by atoms with Gasteiger partial charge in [-0.15, -0.1) is 8.78 Å². The van der Waals surface area contributed by atoms with Gasteiger partial charge in [0, 0.05) is 5.46 Å². The van der Waals surface area contributed by atoms with Crippen LogP contribution in [0.5, 0.6) is 11.5 Å². The molecular weight excluding hydrogens is 304 g/mol. The molecule has 0 amide bonds. The Balaban J connectivity index is 2.02. The summed E-state index contributed by atoms with van der Waals surface area (Å²) in [6.45, 7) is 7.48. The molecule has 0 unspecified atom stereocenters. The third kappa shape index (κ3) is 2.27. The molecule has 1 saturated heterocycles. The lowest BCUT2D eigenvalue weighted by atomic mass is 9.78. The van der Waals surface area contributed by atoms with Crippen molar-refractivity contribution in [3.8, 4) is 11.5 Å². The molecular formula is C13H14BClF2O4. The molecule has 21 heavy (non-hydrogen) atoms.